The topological polar surface area (TPSA) is 75.6 Å². The van der Waals surface area contributed by atoms with E-state index < -0.39 is 0 Å². The Hall–Kier alpha value is -2.63. The Morgan fingerprint density at radius 2 is 2.16 bits per heavy atom. The van der Waals surface area contributed by atoms with E-state index in [4.69, 9.17) is 0 Å². The van der Waals surface area contributed by atoms with E-state index >= 15 is 0 Å². The Labute approximate surface area is 146 Å². The number of para-hydroxylation sites is 1. The first-order valence-electron chi connectivity index (χ1n) is 8.98. The number of aryl methyl sites for hydroxylation is 1. The highest BCUT2D eigenvalue weighted by molar-refractivity contribution is 5.88. The van der Waals surface area contributed by atoms with E-state index in [9.17, 15) is 4.79 Å². The van der Waals surface area contributed by atoms with Gasteiger partial charge in [-0.2, -0.15) is 0 Å². The van der Waals surface area contributed by atoms with Gasteiger partial charge in [0.05, 0.1) is 12.5 Å². The van der Waals surface area contributed by atoms with Crippen LogP contribution in [-0.2, 0) is 24.2 Å². The molecule has 6 heteroatoms. The van der Waals surface area contributed by atoms with Gasteiger partial charge in [0.15, 0.2) is 5.82 Å². The first-order valence-corrected chi connectivity index (χ1v) is 8.98. The minimum absolute atomic E-state index is 0.00299. The predicted molar refractivity (Wildman–Crippen MR) is 96.1 cm³/mol. The van der Waals surface area contributed by atoms with Crippen LogP contribution in [0.25, 0.3) is 10.9 Å². The Morgan fingerprint density at radius 1 is 1.28 bits per heavy atom. The smallest absolute Gasteiger partial charge is 0.225 e. The summed E-state index contributed by atoms with van der Waals surface area (Å²) < 4.78 is 2.18. The molecular weight excluding hydrogens is 314 g/mol. The van der Waals surface area contributed by atoms with Crippen LogP contribution in [0.3, 0.4) is 0 Å². The van der Waals surface area contributed by atoms with Crippen LogP contribution >= 0.6 is 0 Å². The highest BCUT2D eigenvalue weighted by atomic mass is 16.1. The minimum atomic E-state index is -0.142. The van der Waals surface area contributed by atoms with Gasteiger partial charge in [0.2, 0.25) is 5.91 Å². The van der Waals surface area contributed by atoms with Crippen molar-refractivity contribution in [2.24, 2.45) is 0 Å². The molecule has 6 nitrogen and oxygen atoms in total. The molecule has 1 aromatic carbocycles. The van der Waals surface area contributed by atoms with Crippen LogP contribution in [0.4, 0.5) is 0 Å². The summed E-state index contributed by atoms with van der Waals surface area (Å²) in [5, 5.41) is 12.8. The van der Waals surface area contributed by atoms with Crippen LogP contribution in [0, 0.1) is 0 Å². The number of aromatic nitrogens is 4. The molecule has 0 spiro atoms. The van der Waals surface area contributed by atoms with Gasteiger partial charge in [0, 0.05) is 30.1 Å². The molecule has 1 aliphatic rings. The number of benzene rings is 1. The van der Waals surface area contributed by atoms with E-state index in [-0.39, 0.29) is 11.9 Å². The van der Waals surface area contributed by atoms with Gasteiger partial charge in [-0.1, -0.05) is 24.6 Å². The Balaban J connectivity index is 1.47. The molecule has 4 rings (SSSR count). The van der Waals surface area contributed by atoms with Crippen molar-refractivity contribution in [1.29, 1.82) is 0 Å². The van der Waals surface area contributed by atoms with Gasteiger partial charge < -0.3 is 14.9 Å². The zero-order chi connectivity index (χ0) is 17.2. The van der Waals surface area contributed by atoms with Crippen molar-refractivity contribution in [2.75, 3.05) is 0 Å². The number of hydrogen-bond donors (Lipinski definition) is 2. The van der Waals surface area contributed by atoms with Crippen molar-refractivity contribution in [3.63, 3.8) is 0 Å². The summed E-state index contributed by atoms with van der Waals surface area (Å²) >= 11 is 0. The third-order valence-corrected chi connectivity index (χ3v) is 4.93. The van der Waals surface area contributed by atoms with E-state index in [0.29, 0.717) is 6.42 Å². The summed E-state index contributed by atoms with van der Waals surface area (Å²) in [6.07, 6.45) is 6.79. The molecule has 3 heterocycles. The predicted octanol–water partition coefficient (Wildman–Crippen LogP) is 2.91. The molecular formula is C19H23N5O. The van der Waals surface area contributed by atoms with Crippen molar-refractivity contribution in [3.05, 3.63) is 47.7 Å². The number of nitrogens with zero attached hydrogens (tertiary/aromatic N) is 3. The van der Waals surface area contributed by atoms with Gasteiger partial charge >= 0.3 is 0 Å². The van der Waals surface area contributed by atoms with Gasteiger partial charge in [0.25, 0.3) is 0 Å². The van der Waals surface area contributed by atoms with Gasteiger partial charge in [0.1, 0.15) is 5.82 Å². The lowest BCUT2D eigenvalue weighted by molar-refractivity contribution is -0.121. The van der Waals surface area contributed by atoms with E-state index in [1.54, 1.807) is 0 Å². The zero-order valence-corrected chi connectivity index (χ0v) is 14.5. The molecule has 130 valence electrons. The van der Waals surface area contributed by atoms with Crippen molar-refractivity contribution >= 4 is 16.8 Å². The summed E-state index contributed by atoms with van der Waals surface area (Å²) in [5.41, 5.74) is 2.07. The maximum atomic E-state index is 12.5. The van der Waals surface area contributed by atoms with E-state index in [2.05, 4.69) is 25.1 Å². The minimum Gasteiger partial charge on any atom is -0.361 e. The van der Waals surface area contributed by atoms with Crippen LogP contribution in [0.1, 0.15) is 49.4 Å². The normalized spacial score (nSPS) is 15.6. The largest absolute Gasteiger partial charge is 0.361 e. The summed E-state index contributed by atoms with van der Waals surface area (Å²) in [4.78, 5) is 15.7. The third kappa shape index (κ3) is 3.16. The number of carbonyl (C=O) groups is 1. The van der Waals surface area contributed by atoms with Crippen LogP contribution in [-0.4, -0.2) is 25.7 Å². The molecule has 0 saturated carbocycles. The number of hydrogen-bond acceptors (Lipinski definition) is 3. The molecule has 1 aliphatic heterocycles. The van der Waals surface area contributed by atoms with Gasteiger partial charge in [-0.05, 0) is 31.4 Å². The molecule has 1 atom stereocenters. The fourth-order valence-corrected chi connectivity index (χ4v) is 3.64. The zero-order valence-electron chi connectivity index (χ0n) is 14.5. The molecule has 0 radical (unpaired) electrons. The highest BCUT2D eigenvalue weighted by Gasteiger charge is 2.21. The van der Waals surface area contributed by atoms with Crippen molar-refractivity contribution in [3.8, 4) is 0 Å². The maximum absolute atomic E-state index is 12.5. The molecule has 0 saturated heterocycles. The van der Waals surface area contributed by atoms with Gasteiger partial charge in [-0.3, -0.25) is 4.79 Å². The third-order valence-electron chi connectivity index (χ3n) is 4.93. The fraction of sp³-hybridized carbons (Fsp3) is 0.421. The quantitative estimate of drug-likeness (QED) is 0.768. The van der Waals surface area contributed by atoms with Crippen LogP contribution < -0.4 is 5.32 Å². The Bertz CT molecular complexity index is 894. The highest BCUT2D eigenvalue weighted by Crippen LogP contribution is 2.20. The number of aromatic amines is 1. The molecule has 2 N–H and O–H groups in total. The van der Waals surface area contributed by atoms with E-state index in [1.807, 2.05) is 37.4 Å². The first-order chi connectivity index (χ1) is 12.2. The molecule has 0 aliphatic carbocycles. The van der Waals surface area contributed by atoms with Gasteiger partial charge in [-0.15, -0.1) is 10.2 Å². The van der Waals surface area contributed by atoms with E-state index in [1.165, 1.54) is 12.8 Å². The second-order valence-electron chi connectivity index (χ2n) is 6.76. The second kappa shape index (κ2) is 6.70. The molecule has 2 aromatic heterocycles. The molecule has 0 fully saturated rings. The van der Waals surface area contributed by atoms with Crippen molar-refractivity contribution in [2.45, 2.75) is 51.6 Å². The molecule has 1 amide bonds. The Morgan fingerprint density at radius 3 is 3.08 bits per heavy atom. The number of fused-ring (bicyclic) bond motifs is 2. The van der Waals surface area contributed by atoms with Crippen molar-refractivity contribution < 1.29 is 4.79 Å². The van der Waals surface area contributed by atoms with Gasteiger partial charge in [-0.25, -0.2) is 0 Å². The molecule has 3 aromatic rings. The summed E-state index contributed by atoms with van der Waals surface area (Å²) in [6, 6.07) is 7.89. The lowest BCUT2D eigenvalue weighted by Gasteiger charge is -2.15. The van der Waals surface area contributed by atoms with Crippen LogP contribution in [0.5, 0.6) is 0 Å². The lowest BCUT2D eigenvalue weighted by atomic mass is 10.1. The standard InChI is InChI=1S/C19H23N5O/c1-13(19-23-22-17-9-3-2-6-10-24(17)19)21-18(25)11-14-12-20-16-8-5-4-7-15(14)16/h4-5,7-8,12-13,20H,2-3,6,9-11H2,1H3,(H,21,25)/t13-/m1/s1. The number of H-pyrrole nitrogens is 1. The second-order valence-corrected chi connectivity index (χ2v) is 6.76. The molecule has 0 unspecified atom stereocenters. The monoisotopic (exact) mass is 337 g/mol. The summed E-state index contributed by atoms with van der Waals surface area (Å²) in [5.74, 6) is 1.91. The SMILES string of the molecule is C[C@@H](NC(=O)Cc1c[nH]c2ccccc12)c1nnc2n1CCCCC2. The average Bonchev–Trinajstić information content (AvgIpc) is 3.12. The fourth-order valence-electron chi connectivity index (χ4n) is 3.64. The molecule has 25 heavy (non-hydrogen) atoms. The van der Waals surface area contributed by atoms with E-state index in [0.717, 1.165) is 47.5 Å². The summed E-state index contributed by atoms with van der Waals surface area (Å²) in [6.45, 7) is 2.93. The number of rotatable bonds is 4. The van der Waals surface area contributed by atoms with Crippen molar-refractivity contribution in [1.82, 2.24) is 25.1 Å². The van der Waals surface area contributed by atoms with Crippen LogP contribution in [0.15, 0.2) is 30.5 Å². The Kier molecular flexibility index (Phi) is 4.26. The average molecular weight is 337 g/mol. The van der Waals surface area contributed by atoms with Crippen LogP contribution in [0.2, 0.25) is 0 Å². The molecule has 0 bridgehead atoms. The summed E-state index contributed by atoms with van der Waals surface area (Å²) in [7, 11) is 0. The number of nitrogens with one attached hydrogen (secondary N) is 2. The number of carbonyl (C=O) groups excluding carboxylic acids is 1. The first kappa shape index (κ1) is 15.9. The lowest BCUT2D eigenvalue weighted by Crippen LogP contribution is -2.30. The maximum Gasteiger partial charge on any atom is 0.225 e. The number of amides is 1.